The molecule has 1 amide bonds. The van der Waals surface area contributed by atoms with Gasteiger partial charge in [0.15, 0.2) is 5.82 Å². The first-order valence-electron chi connectivity index (χ1n) is 18.3. The van der Waals surface area contributed by atoms with Gasteiger partial charge in [-0.1, -0.05) is 23.6 Å². The van der Waals surface area contributed by atoms with Crippen molar-refractivity contribution >= 4 is 63.7 Å². The van der Waals surface area contributed by atoms with E-state index in [1.165, 1.54) is 23.7 Å². The van der Waals surface area contributed by atoms with E-state index < -0.39 is 90.0 Å². The number of alkyl halides is 6. The van der Waals surface area contributed by atoms with Crippen LogP contribution in [-0.4, -0.2) is 68.0 Å². The van der Waals surface area contributed by atoms with Crippen LogP contribution in [0.5, 0.6) is 0 Å². The number of thioether (sulfide) groups is 1. The van der Waals surface area contributed by atoms with Gasteiger partial charge in [-0.25, -0.2) is 31.3 Å². The Morgan fingerprint density at radius 3 is 2.42 bits per heavy atom. The lowest BCUT2D eigenvalue weighted by Crippen LogP contribution is -2.40. The van der Waals surface area contributed by atoms with Crippen LogP contribution in [0.15, 0.2) is 53.7 Å². The maximum Gasteiger partial charge on any atom is 0.287 e. The minimum absolute atomic E-state index is 0.0534. The van der Waals surface area contributed by atoms with E-state index in [0.717, 1.165) is 29.7 Å². The minimum Gasteiger partial charge on any atom is -0.374 e. The summed E-state index contributed by atoms with van der Waals surface area (Å²) in [7, 11) is 0. The number of rotatable bonds is 16. The number of halogens is 9. The third-order valence-corrected chi connectivity index (χ3v) is 12.1. The highest BCUT2D eigenvalue weighted by Gasteiger charge is 2.44. The quantitative estimate of drug-likeness (QED) is 0.0384. The second kappa shape index (κ2) is 18.0. The molecule has 1 unspecified atom stereocenters. The summed E-state index contributed by atoms with van der Waals surface area (Å²) in [6, 6.07) is 7.70. The van der Waals surface area contributed by atoms with Gasteiger partial charge in [-0.2, -0.15) is 13.9 Å². The SMILES string of the molecule is CSC(C)(C)C#Cc1ccc(-c2ccc(Cl)c3c(NSC4CC4)nn(CC(F)F)c23)c(C(Cc2cc(F)cc(F)c2)NC(=O)CNC2=C(C(=N)C(F)F)CCC2(F)F)n1. The predicted molar refractivity (Wildman–Crippen MR) is 217 cm³/mol. The first-order chi connectivity index (χ1) is 27.9. The molecule has 2 aliphatic rings. The van der Waals surface area contributed by atoms with E-state index in [-0.39, 0.29) is 45.3 Å². The Balaban J connectivity index is 1.51. The van der Waals surface area contributed by atoms with E-state index >= 15 is 0 Å². The number of allylic oxidation sites excluding steroid dienone is 2. The van der Waals surface area contributed by atoms with Crippen LogP contribution in [0.2, 0.25) is 5.02 Å². The van der Waals surface area contributed by atoms with E-state index in [9.17, 15) is 39.9 Å². The largest absolute Gasteiger partial charge is 0.374 e. The molecule has 1 fully saturated rings. The number of amides is 1. The molecule has 0 bridgehead atoms. The fourth-order valence-electron chi connectivity index (χ4n) is 6.45. The lowest BCUT2D eigenvalue weighted by Gasteiger charge is -2.24. The Kier molecular flexibility index (Phi) is 13.5. The summed E-state index contributed by atoms with van der Waals surface area (Å²) < 4.78 is 118. The summed E-state index contributed by atoms with van der Waals surface area (Å²) in [5, 5.41) is 17.9. The van der Waals surface area contributed by atoms with Crippen LogP contribution in [0.25, 0.3) is 22.0 Å². The molecule has 4 aromatic rings. The molecule has 2 heterocycles. The maximum atomic E-state index is 14.9. The van der Waals surface area contributed by atoms with E-state index in [4.69, 9.17) is 22.0 Å². The summed E-state index contributed by atoms with van der Waals surface area (Å²) >= 11 is 9.57. The zero-order valence-electron chi connectivity index (χ0n) is 31.8. The van der Waals surface area contributed by atoms with Crippen molar-refractivity contribution in [2.45, 2.75) is 87.3 Å². The lowest BCUT2D eigenvalue weighted by molar-refractivity contribution is -0.121. The molecule has 0 radical (unpaired) electrons. The number of hydrogen-bond acceptors (Lipinski definition) is 8. The highest BCUT2D eigenvalue weighted by Crippen LogP contribution is 2.43. The third-order valence-electron chi connectivity index (χ3n) is 9.57. The fraction of sp³-hybridized carbons (Fsp3) is 0.400. The number of anilines is 1. The number of pyridine rings is 1. The maximum absolute atomic E-state index is 14.9. The highest BCUT2D eigenvalue weighted by molar-refractivity contribution is 8.01. The number of fused-ring (bicyclic) bond motifs is 1. The number of carbonyl (C=O) groups is 1. The monoisotopic (exact) mass is 883 g/mol. The van der Waals surface area contributed by atoms with Gasteiger partial charge < -0.3 is 15.4 Å². The lowest BCUT2D eigenvalue weighted by atomic mass is 9.93. The molecule has 2 aromatic heterocycles. The normalized spacial score (nSPS) is 15.8. The minimum atomic E-state index is -3.63. The fourth-order valence-corrected chi connectivity index (χ4v) is 7.63. The summed E-state index contributed by atoms with van der Waals surface area (Å²) in [6.07, 6.45) is -4.07. The van der Waals surface area contributed by atoms with Gasteiger partial charge in [0.25, 0.3) is 18.8 Å². The van der Waals surface area contributed by atoms with Crippen LogP contribution in [-0.2, 0) is 17.8 Å². The Labute approximate surface area is 348 Å². The van der Waals surface area contributed by atoms with Crippen molar-refractivity contribution in [3.8, 4) is 23.0 Å². The molecule has 0 aliphatic heterocycles. The summed E-state index contributed by atoms with van der Waals surface area (Å²) in [4.78, 5) is 18.6. The molecule has 1 atom stereocenters. The second-order valence-corrected chi connectivity index (χ2v) is 17.4. The number of nitrogens with one attached hydrogen (secondary N) is 4. The van der Waals surface area contributed by atoms with E-state index in [1.54, 1.807) is 24.3 Å². The van der Waals surface area contributed by atoms with Crippen LogP contribution in [0.3, 0.4) is 0 Å². The molecular weight excluding hydrogens is 846 g/mol. The van der Waals surface area contributed by atoms with Crippen molar-refractivity contribution in [1.82, 2.24) is 25.4 Å². The van der Waals surface area contributed by atoms with Crippen molar-refractivity contribution in [3.63, 3.8) is 0 Å². The summed E-state index contributed by atoms with van der Waals surface area (Å²) in [6.45, 7) is 2.06. The zero-order valence-corrected chi connectivity index (χ0v) is 34.2. The van der Waals surface area contributed by atoms with Crippen LogP contribution < -0.4 is 15.4 Å². The van der Waals surface area contributed by atoms with Gasteiger partial charge in [0, 0.05) is 34.4 Å². The Morgan fingerprint density at radius 2 is 1.78 bits per heavy atom. The van der Waals surface area contributed by atoms with Gasteiger partial charge in [-0.3, -0.25) is 14.9 Å². The molecule has 4 N–H and O–H groups in total. The third kappa shape index (κ3) is 10.6. The molecule has 2 aromatic carbocycles. The zero-order chi connectivity index (χ0) is 42.8. The van der Waals surface area contributed by atoms with Crippen molar-refractivity contribution in [1.29, 1.82) is 5.41 Å². The number of aromatic nitrogens is 3. The molecule has 0 spiro atoms. The Bertz CT molecular complexity index is 2340. The van der Waals surface area contributed by atoms with Gasteiger partial charge in [-0.05, 0) is 99.6 Å². The molecule has 6 rings (SSSR count). The number of nitrogens with zero attached hydrogens (tertiary/aromatic N) is 3. The molecule has 19 heteroatoms. The predicted octanol–water partition coefficient (Wildman–Crippen LogP) is 9.97. The van der Waals surface area contributed by atoms with E-state index in [2.05, 4.69) is 32.3 Å². The summed E-state index contributed by atoms with van der Waals surface area (Å²) in [5.74, 6) is -0.0702. The summed E-state index contributed by atoms with van der Waals surface area (Å²) in [5.41, 5.74) is -1.83. The average Bonchev–Trinajstić information content (AvgIpc) is 3.85. The Hall–Kier alpha value is -4.47. The van der Waals surface area contributed by atoms with Crippen LogP contribution in [0.4, 0.5) is 40.9 Å². The standard InChI is InChI=1S/C40H38ClF8N7OS2/c1-39(2,58-3)12-10-23-4-7-25(26-8-9-28(41)32-35(26)56(19-30(44)45)54-38(32)55-59-24-5-6-24)34(52-23)29(16-20-14-21(42)17-22(43)15-20)53-31(57)18-51-36-27(33(50)37(46)47)11-13-40(36,48)49/h4,7-9,14-15,17,24,29-30,37,50-51H,5-6,11,13,16,18-19H2,1-3H3,(H,53,57)(H,54,55). The molecule has 1 saturated carbocycles. The number of hydrogen-bond donors (Lipinski definition) is 4. The molecular formula is C40H38ClF8N7OS2. The van der Waals surface area contributed by atoms with Gasteiger partial charge in [0.05, 0.1) is 44.7 Å². The molecule has 314 valence electrons. The Morgan fingerprint density at radius 1 is 1.08 bits per heavy atom. The number of carbonyl (C=O) groups excluding carboxylic acids is 1. The smallest absolute Gasteiger partial charge is 0.287 e. The van der Waals surface area contributed by atoms with E-state index in [1.807, 2.05) is 20.1 Å². The molecule has 0 saturated heterocycles. The molecule has 59 heavy (non-hydrogen) atoms. The number of benzene rings is 2. The first kappa shape index (κ1) is 44.1. The van der Waals surface area contributed by atoms with E-state index in [0.29, 0.717) is 22.3 Å². The van der Waals surface area contributed by atoms with Gasteiger partial charge in [0.1, 0.15) is 29.6 Å². The van der Waals surface area contributed by atoms with Crippen molar-refractivity contribution in [2.24, 2.45) is 0 Å². The van der Waals surface area contributed by atoms with Crippen LogP contribution >= 0.6 is 35.3 Å². The molecule has 2 aliphatic carbocycles. The topological polar surface area (TPSA) is 108 Å². The van der Waals surface area contributed by atoms with Crippen molar-refractivity contribution in [3.05, 3.63) is 87.3 Å². The van der Waals surface area contributed by atoms with Crippen molar-refractivity contribution < 1.29 is 39.9 Å². The van der Waals surface area contributed by atoms with Crippen LogP contribution in [0.1, 0.15) is 62.5 Å². The van der Waals surface area contributed by atoms with Gasteiger partial charge in [-0.15, -0.1) is 11.8 Å². The molecule has 8 nitrogen and oxygen atoms in total. The highest BCUT2D eigenvalue weighted by atomic mass is 35.5. The van der Waals surface area contributed by atoms with Crippen LogP contribution in [0, 0.1) is 28.9 Å². The average molecular weight is 884 g/mol. The van der Waals surface area contributed by atoms with Crippen molar-refractivity contribution in [2.75, 3.05) is 17.5 Å². The van der Waals surface area contributed by atoms with Gasteiger partial charge in [0.2, 0.25) is 5.91 Å². The first-order valence-corrected chi connectivity index (χ1v) is 20.8. The second-order valence-electron chi connectivity index (χ2n) is 14.5. The van der Waals surface area contributed by atoms with Gasteiger partial charge >= 0.3 is 0 Å².